The molecule has 147 valence electrons. The molecule has 0 bridgehead atoms. The topological polar surface area (TPSA) is 50.1 Å². The summed E-state index contributed by atoms with van der Waals surface area (Å²) in [6.45, 7) is 1.36. The van der Waals surface area contributed by atoms with Crippen LogP contribution in [0.25, 0.3) is 11.1 Å². The van der Waals surface area contributed by atoms with Crippen LogP contribution in [0.4, 0.5) is 0 Å². The molecule has 0 saturated heterocycles. The van der Waals surface area contributed by atoms with Crippen LogP contribution < -0.4 is 18.9 Å². The highest BCUT2D eigenvalue weighted by molar-refractivity contribution is 5.80. The highest BCUT2D eigenvalue weighted by atomic mass is 16.7. The Kier molecular flexibility index (Phi) is 3.93. The van der Waals surface area contributed by atoms with E-state index in [0.717, 1.165) is 63.4 Å². The summed E-state index contributed by atoms with van der Waals surface area (Å²) in [5, 5.41) is 0. The average Bonchev–Trinajstić information content (AvgIpc) is 3.21. The number of ether oxygens (including phenoxy) is 4. The van der Waals surface area contributed by atoms with Crippen molar-refractivity contribution in [1.29, 1.82) is 0 Å². The lowest BCUT2D eigenvalue weighted by molar-refractivity contribution is 0.170. The lowest BCUT2D eigenvalue weighted by atomic mass is 9.91. The van der Waals surface area contributed by atoms with Crippen molar-refractivity contribution in [3.05, 3.63) is 59.5 Å². The molecule has 0 atom stereocenters. The highest BCUT2D eigenvalue weighted by Crippen LogP contribution is 2.49. The fourth-order valence-corrected chi connectivity index (χ4v) is 4.10. The SMILES string of the molecule is [c]1c(CC2CC2)c2c(c(-c3ccc4c(c3)OCO4)c1Cc1ccco1)OCCO2. The van der Waals surface area contributed by atoms with Crippen LogP contribution in [0.3, 0.4) is 0 Å². The van der Waals surface area contributed by atoms with Gasteiger partial charge in [0.1, 0.15) is 19.0 Å². The minimum absolute atomic E-state index is 0.252. The van der Waals surface area contributed by atoms with Crippen molar-refractivity contribution >= 4 is 0 Å². The fraction of sp³-hybridized carbons (Fsp3) is 0.333. The Morgan fingerprint density at radius 3 is 2.59 bits per heavy atom. The van der Waals surface area contributed by atoms with Crippen molar-refractivity contribution in [2.24, 2.45) is 5.92 Å². The first-order valence-electron chi connectivity index (χ1n) is 10.1. The van der Waals surface area contributed by atoms with Crippen molar-refractivity contribution in [2.75, 3.05) is 20.0 Å². The van der Waals surface area contributed by atoms with Gasteiger partial charge in [-0.3, -0.25) is 0 Å². The van der Waals surface area contributed by atoms with E-state index in [2.05, 4.69) is 6.07 Å². The van der Waals surface area contributed by atoms with Gasteiger partial charge in [0, 0.05) is 17.5 Å². The van der Waals surface area contributed by atoms with Gasteiger partial charge in [-0.1, -0.05) is 6.07 Å². The van der Waals surface area contributed by atoms with E-state index in [-0.39, 0.29) is 6.79 Å². The van der Waals surface area contributed by atoms with Gasteiger partial charge in [0.25, 0.3) is 0 Å². The molecule has 0 unspecified atom stereocenters. The van der Waals surface area contributed by atoms with Gasteiger partial charge in [-0.2, -0.15) is 0 Å². The van der Waals surface area contributed by atoms with Crippen LogP contribution in [-0.4, -0.2) is 20.0 Å². The van der Waals surface area contributed by atoms with Gasteiger partial charge in [0.2, 0.25) is 6.79 Å². The monoisotopic (exact) mass is 389 g/mol. The average molecular weight is 389 g/mol. The van der Waals surface area contributed by atoms with E-state index in [1.807, 2.05) is 30.3 Å². The number of hydrogen-bond acceptors (Lipinski definition) is 5. The van der Waals surface area contributed by atoms with Crippen LogP contribution in [0.2, 0.25) is 0 Å². The number of benzene rings is 2. The zero-order chi connectivity index (χ0) is 19.2. The largest absolute Gasteiger partial charge is 0.486 e. The standard InChI is InChI=1S/C24H21O5/c1-2-19(25-7-1)12-17-11-18(10-15-3-4-15)23-24(27-9-8-26-23)22(17)16-5-6-20-21(13-16)29-14-28-20/h1-2,5-7,13,15H,3-4,8-10,12,14H2. The second-order valence-electron chi connectivity index (χ2n) is 7.78. The third-order valence-corrected chi connectivity index (χ3v) is 5.67. The normalized spacial score (nSPS) is 16.8. The second kappa shape index (κ2) is 6.76. The molecule has 2 aliphatic heterocycles. The Hall–Kier alpha value is -3.08. The Labute approximate surface area is 169 Å². The van der Waals surface area contributed by atoms with Crippen molar-refractivity contribution in [3.63, 3.8) is 0 Å². The van der Waals surface area contributed by atoms with Crippen molar-refractivity contribution in [2.45, 2.75) is 25.7 Å². The molecule has 0 amide bonds. The molecule has 5 nitrogen and oxygen atoms in total. The van der Waals surface area contributed by atoms with Crippen LogP contribution in [0.15, 0.2) is 41.0 Å². The molecule has 6 rings (SSSR count). The molecule has 1 aromatic heterocycles. The molecular formula is C24H21O5. The molecular weight excluding hydrogens is 368 g/mol. The fourth-order valence-electron chi connectivity index (χ4n) is 4.10. The molecule has 3 heterocycles. The van der Waals surface area contributed by atoms with E-state index in [1.54, 1.807) is 6.26 Å². The minimum Gasteiger partial charge on any atom is -0.486 e. The van der Waals surface area contributed by atoms with E-state index in [9.17, 15) is 0 Å². The Morgan fingerprint density at radius 1 is 0.897 bits per heavy atom. The Morgan fingerprint density at radius 2 is 1.76 bits per heavy atom. The van der Waals surface area contributed by atoms with E-state index in [1.165, 1.54) is 12.8 Å². The van der Waals surface area contributed by atoms with Gasteiger partial charge in [0.05, 0.1) is 6.26 Å². The Balaban J connectivity index is 1.53. The second-order valence-corrected chi connectivity index (χ2v) is 7.78. The van der Waals surface area contributed by atoms with Gasteiger partial charge in [-0.15, -0.1) is 0 Å². The maximum absolute atomic E-state index is 6.18. The van der Waals surface area contributed by atoms with Gasteiger partial charge >= 0.3 is 0 Å². The zero-order valence-corrected chi connectivity index (χ0v) is 16.0. The first-order valence-corrected chi connectivity index (χ1v) is 10.1. The first-order chi connectivity index (χ1) is 14.3. The molecule has 1 saturated carbocycles. The lowest BCUT2D eigenvalue weighted by Crippen LogP contribution is -2.18. The van der Waals surface area contributed by atoms with Crippen LogP contribution in [0, 0.1) is 12.0 Å². The number of hydrogen-bond donors (Lipinski definition) is 0. The van der Waals surface area contributed by atoms with E-state index >= 15 is 0 Å². The lowest BCUT2D eigenvalue weighted by Gasteiger charge is -2.26. The molecule has 5 heteroatoms. The molecule has 0 N–H and O–H groups in total. The summed E-state index contributed by atoms with van der Waals surface area (Å²) in [4.78, 5) is 0. The predicted octanol–water partition coefficient (Wildman–Crippen LogP) is 4.79. The van der Waals surface area contributed by atoms with Gasteiger partial charge < -0.3 is 23.4 Å². The summed E-state index contributed by atoms with van der Waals surface area (Å²) in [7, 11) is 0. The molecule has 1 radical (unpaired) electrons. The van der Waals surface area contributed by atoms with E-state index < -0.39 is 0 Å². The smallest absolute Gasteiger partial charge is 0.231 e. The molecule has 29 heavy (non-hydrogen) atoms. The molecule has 3 aromatic rings. The third-order valence-electron chi connectivity index (χ3n) is 5.67. The quantitative estimate of drug-likeness (QED) is 0.628. The molecule has 1 aliphatic carbocycles. The summed E-state index contributed by atoms with van der Waals surface area (Å²) in [6, 6.07) is 13.6. The third kappa shape index (κ3) is 3.11. The number of fused-ring (bicyclic) bond motifs is 2. The molecule has 3 aliphatic rings. The van der Waals surface area contributed by atoms with Gasteiger partial charge in [-0.05, 0) is 66.6 Å². The van der Waals surface area contributed by atoms with Crippen molar-refractivity contribution in [3.8, 4) is 34.1 Å². The van der Waals surface area contributed by atoms with Crippen molar-refractivity contribution in [1.82, 2.24) is 0 Å². The van der Waals surface area contributed by atoms with E-state index in [4.69, 9.17) is 23.4 Å². The first kappa shape index (κ1) is 16.8. The summed E-state index contributed by atoms with van der Waals surface area (Å²) in [6.07, 6.45) is 5.89. The van der Waals surface area contributed by atoms with Gasteiger partial charge in [-0.25, -0.2) is 0 Å². The van der Waals surface area contributed by atoms with Crippen LogP contribution in [-0.2, 0) is 12.8 Å². The van der Waals surface area contributed by atoms with Crippen LogP contribution in [0.1, 0.15) is 29.7 Å². The summed E-state index contributed by atoms with van der Waals surface area (Å²) in [5.74, 6) is 4.80. The maximum Gasteiger partial charge on any atom is 0.231 e. The minimum atomic E-state index is 0.252. The maximum atomic E-state index is 6.18. The number of furan rings is 1. The zero-order valence-electron chi connectivity index (χ0n) is 16.0. The summed E-state index contributed by atoms with van der Waals surface area (Å²) >= 11 is 0. The molecule has 1 fully saturated rings. The van der Waals surface area contributed by atoms with E-state index in [0.29, 0.717) is 19.6 Å². The molecule has 0 spiro atoms. The Bertz CT molecular complexity index is 1050. The predicted molar refractivity (Wildman–Crippen MR) is 106 cm³/mol. The summed E-state index contributed by atoms with van der Waals surface area (Å²) < 4.78 is 29.0. The van der Waals surface area contributed by atoms with Crippen LogP contribution >= 0.6 is 0 Å². The number of rotatable bonds is 5. The molecule has 2 aromatic carbocycles. The summed E-state index contributed by atoms with van der Waals surface area (Å²) in [5.41, 5.74) is 4.17. The van der Waals surface area contributed by atoms with Crippen LogP contribution in [0.5, 0.6) is 23.0 Å². The van der Waals surface area contributed by atoms with Gasteiger partial charge in [0.15, 0.2) is 23.0 Å². The highest BCUT2D eigenvalue weighted by Gasteiger charge is 2.30. The van der Waals surface area contributed by atoms with Crippen molar-refractivity contribution < 1.29 is 23.4 Å².